The van der Waals surface area contributed by atoms with Gasteiger partial charge in [-0.25, -0.2) is 8.42 Å². The van der Waals surface area contributed by atoms with Crippen molar-refractivity contribution in [2.75, 3.05) is 32.8 Å². The molecular weight excluding hydrogens is 352 g/mol. The van der Waals surface area contributed by atoms with E-state index in [1.807, 2.05) is 39.5 Å². The number of benzene rings is 1. The highest BCUT2D eigenvalue weighted by atomic mass is 32.2. The first kappa shape index (κ1) is 19.3. The monoisotopic (exact) mass is 380 g/mol. The Morgan fingerprint density at radius 3 is 1.81 bits per heavy atom. The van der Waals surface area contributed by atoms with E-state index in [0.29, 0.717) is 44.1 Å². The van der Waals surface area contributed by atoms with E-state index in [0.717, 1.165) is 27.8 Å². The highest BCUT2D eigenvalue weighted by molar-refractivity contribution is 7.89. The summed E-state index contributed by atoms with van der Waals surface area (Å²) in [5, 5.41) is 0. The van der Waals surface area contributed by atoms with Gasteiger partial charge in [0.1, 0.15) is 6.04 Å². The first-order valence-corrected chi connectivity index (χ1v) is 10.6. The molecule has 0 unspecified atom stereocenters. The van der Waals surface area contributed by atoms with Crippen LogP contribution in [0.5, 0.6) is 0 Å². The Morgan fingerprint density at radius 2 is 1.35 bits per heavy atom. The number of esters is 1. The molecule has 26 heavy (non-hydrogen) atoms. The third-order valence-corrected chi connectivity index (χ3v) is 8.32. The number of carbonyl (C=O) groups excluding carboxylic acids is 1. The van der Waals surface area contributed by atoms with Crippen molar-refractivity contribution in [1.82, 2.24) is 9.21 Å². The van der Waals surface area contributed by atoms with Gasteiger partial charge in [0.15, 0.2) is 0 Å². The van der Waals surface area contributed by atoms with Crippen molar-refractivity contribution >= 4 is 16.0 Å². The summed E-state index contributed by atoms with van der Waals surface area (Å²) in [5.41, 5.74) is 4.92. The number of cyclic esters (lactones) is 1. The van der Waals surface area contributed by atoms with Gasteiger partial charge in [-0.15, -0.1) is 0 Å². The van der Waals surface area contributed by atoms with Gasteiger partial charge in [0.05, 0.1) is 11.5 Å². The quantitative estimate of drug-likeness (QED) is 0.749. The Morgan fingerprint density at radius 1 is 0.846 bits per heavy atom. The Kier molecular flexibility index (Phi) is 5.16. The smallest absolute Gasteiger partial charge is 0.323 e. The second-order valence-electron chi connectivity index (χ2n) is 7.37. The van der Waals surface area contributed by atoms with Crippen LogP contribution in [0.3, 0.4) is 0 Å². The number of hydrogen-bond acceptors (Lipinski definition) is 5. The Hall–Kier alpha value is -1.44. The van der Waals surface area contributed by atoms with Gasteiger partial charge in [0.2, 0.25) is 10.0 Å². The largest absolute Gasteiger partial charge is 0.464 e. The van der Waals surface area contributed by atoms with Gasteiger partial charge in [-0.1, -0.05) is 0 Å². The first-order chi connectivity index (χ1) is 12.2. The summed E-state index contributed by atoms with van der Waals surface area (Å²) >= 11 is 0. The fourth-order valence-electron chi connectivity index (χ4n) is 4.05. The maximum atomic E-state index is 13.4. The lowest BCUT2D eigenvalue weighted by Gasteiger charge is -2.36. The molecule has 2 heterocycles. The summed E-state index contributed by atoms with van der Waals surface area (Å²) in [6.07, 6.45) is 0.695. The number of sulfonamides is 1. The molecule has 0 spiro atoms. The van der Waals surface area contributed by atoms with Gasteiger partial charge in [-0.2, -0.15) is 4.31 Å². The molecule has 3 rings (SSSR count). The predicted molar refractivity (Wildman–Crippen MR) is 99.8 cm³/mol. The van der Waals surface area contributed by atoms with E-state index in [-0.39, 0.29) is 12.0 Å². The fourth-order valence-corrected chi connectivity index (χ4v) is 6.04. The minimum atomic E-state index is -3.56. The van der Waals surface area contributed by atoms with Crippen LogP contribution >= 0.6 is 0 Å². The number of carbonyl (C=O) groups is 1. The van der Waals surface area contributed by atoms with Crippen molar-refractivity contribution < 1.29 is 17.9 Å². The minimum absolute atomic E-state index is 0.183. The number of ether oxygens (including phenoxy) is 1. The second-order valence-corrected chi connectivity index (χ2v) is 9.24. The lowest BCUT2D eigenvalue weighted by molar-refractivity contribution is -0.142. The first-order valence-electron chi connectivity index (χ1n) is 9.14. The molecular formula is C19H28N2O4S. The number of nitrogens with zero attached hydrogens (tertiary/aromatic N) is 2. The van der Waals surface area contributed by atoms with Crippen LogP contribution in [0.4, 0.5) is 0 Å². The van der Waals surface area contributed by atoms with Crippen molar-refractivity contribution in [2.45, 2.75) is 52.0 Å². The van der Waals surface area contributed by atoms with Crippen LogP contribution < -0.4 is 0 Å². The Labute approximate surface area is 156 Å². The molecule has 2 aliphatic heterocycles. The van der Waals surface area contributed by atoms with Crippen LogP contribution in [-0.2, 0) is 19.6 Å². The van der Waals surface area contributed by atoms with Crippen LogP contribution in [-0.4, -0.2) is 62.4 Å². The summed E-state index contributed by atoms with van der Waals surface area (Å²) in [4.78, 5) is 14.3. The normalized spacial score (nSPS) is 22.7. The molecule has 0 radical (unpaired) electrons. The van der Waals surface area contributed by atoms with Crippen molar-refractivity contribution in [3.8, 4) is 0 Å². The number of hydrogen-bond donors (Lipinski definition) is 0. The highest BCUT2D eigenvalue weighted by Gasteiger charge is 2.37. The standard InChI is InChI=1S/C19H28N2O4S/c1-12-13(2)15(4)18(16(5)14(12)3)26(23,24)21-9-7-20(8-10-21)17-6-11-25-19(17)22/h17H,6-11H2,1-5H3/t17-/m1/s1. The number of piperazine rings is 1. The molecule has 0 amide bonds. The average molecular weight is 381 g/mol. The molecule has 1 atom stereocenters. The van der Waals surface area contributed by atoms with Gasteiger partial charge in [-0.3, -0.25) is 9.69 Å². The summed E-state index contributed by atoms with van der Waals surface area (Å²) in [6, 6.07) is -0.216. The molecule has 2 saturated heterocycles. The van der Waals surface area contributed by atoms with Gasteiger partial charge in [-0.05, 0) is 62.4 Å². The zero-order valence-corrected chi connectivity index (χ0v) is 17.1. The van der Waals surface area contributed by atoms with Gasteiger partial charge >= 0.3 is 5.97 Å². The van der Waals surface area contributed by atoms with E-state index in [2.05, 4.69) is 0 Å². The zero-order valence-electron chi connectivity index (χ0n) is 16.3. The summed E-state index contributed by atoms with van der Waals surface area (Å²) in [7, 11) is -3.56. The highest BCUT2D eigenvalue weighted by Crippen LogP contribution is 2.32. The van der Waals surface area contributed by atoms with Crippen LogP contribution in [0, 0.1) is 34.6 Å². The van der Waals surface area contributed by atoms with Gasteiger partial charge in [0, 0.05) is 32.6 Å². The SMILES string of the molecule is Cc1c(C)c(C)c(S(=O)(=O)N2CCN([C@@H]3CCOC3=O)CC2)c(C)c1C. The zero-order chi connectivity index (χ0) is 19.2. The molecule has 1 aromatic rings. The fraction of sp³-hybridized carbons (Fsp3) is 0.632. The molecule has 0 N–H and O–H groups in total. The molecule has 0 bridgehead atoms. The predicted octanol–water partition coefficient (Wildman–Crippen LogP) is 1.85. The summed E-state index contributed by atoms with van der Waals surface area (Å²) in [5.74, 6) is -0.183. The van der Waals surface area contributed by atoms with Crippen molar-refractivity contribution in [3.05, 3.63) is 27.8 Å². The Balaban J connectivity index is 1.86. The van der Waals surface area contributed by atoms with Crippen LogP contribution in [0.1, 0.15) is 34.2 Å². The average Bonchev–Trinajstić information content (AvgIpc) is 3.04. The van der Waals surface area contributed by atoms with Crippen LogP contribution in [0.15, 0.2) is 4.90 Å². The Bertz CT molecular complexity index is 811. The molecule has 144 valence electrons. The van der Waals surface area contributed by atoms with E-state index in [4.69, 9.17) is 4.74 Å². The van der Waals surface area contributed by atoms with Crippen molar-refractivity contribution in [1.29, 1.82) is 0 Å². The molecule has 0 aliphatic carbocycles. The van der Waals surface area contributed by atoms with Crippen molar-refractivity contribution in [2.24, 2.45) is 0 Å². The maximum Gasteiger partial charge on any atom is 0.323 e. The van der Waals surface area contributed by atoms with Crippen LogP contribution in [0.2, 0.25) is 0 Å². The van der Waals surface area contributed by atoms with Crippen molar-refractivity contribution in [3.63, 3.8) is 0 Å². The van der Waals surface area contributed by atoms with E-state index in [1.54, 1.807) is 4.31 Å². The lowest BCUT2D eigenvalue weighted by atomic mass is 9.95. The second kappa shape index (κ2) is 6.94. The summed E-state index contributed by atoms with van der Waals surface area (Å²) in [6.45, 7) is 12.2. The maximum absolute atomic E-state index is 13.4. The minimum Gasteiger partial charge on any atom is -0.464 e. The van der Waals surface area contributed by atoms with Crippen LogP contribution in [0.25, 0.3) is 0 Å². The van der Waals surface area contributed by atoms with E-state index in [9.17, 15) is 13.2 Å². The van der Waals surface area contributed by atoms with E-state index < -0.39 is 10.0 Å². The molecule has 0 saturated carbocycles. The van der Waals surface area contributed by atoms with Gasteiger partial charge < -0.3 is 4.74 Å². The molecule has 0 aromatic heterocycles. The topological polar surface area (TPSA) is 66.9 Å². The van der Waals surface area contributed by atoms with Gasteiger partial charge in [0.25, 0.3) is 0 Å². The van der Waals surface area contributed by atoms with E-state index >= 15 is 0 Å². The molecule has 1 aromatic carbocycles. The molecule has 2 fully saturated rings. The molecule has 2 aliphatic rings. The molecule has 7 heteroatoms. The van der Waals surface area contributed by atoms with E-state index in [1.165, 1.54) is 0 Å². The third-order valence-electron chi connectivity index (χ3n) is 6.15. The summed E-state index contributed by atoms with van der Waals surface area (Å²) < 4.78 is 33.3. The third kappa shape index (κ3) is 3.06. The molecule has 6 nitrogen and oxygen atoms in total. The number of rotatable bonds is 3. The lowest BCUT2D eigenvalue weighted by Crippen LogP contribution is -2.53.